The molecule has 2 aromatic carbocycles. The molecule has 98 valence electrons. The molecule has 1 N–H and O–H groups in total. The molecule has 19 heavy (non-hydrogen) atoms. The number of hydrogen-bond donors (Lipinski definition) is 1. The SMILES string of the molecule is COc1cc(C=C(O)c2ccccc2)cc(OC)c1. The van der Waals surface area contributed by atoms with Crippen LogP contribution < -0.4 is 9.47 Å². The van der Waals surface area contributed by atoms with E-state index in [2.05, 4.69) is 0 Å². The van der Waals surface area contributed by atoms with E-state index in [0.717, 1.165) is 11.1 Å². The molecule has 0 amide bonds. The lowest BCUT2D eigenvalue weighted by atomic mass is 10.1. The van der Waals surface area contributed by atoms with E-state index in [1.165, 1.54) is 0 Å². The fourth-order valence-electron chi connectivity index (χ4n) is 1.76. The largest absolute Gasteiger partial charge is 0.507 e. The standard InChI is InChI=1S/C16H16O3/c1-18-14-8-12(9-15(11-14)19-2)10-16(17)13-6-4-3-5-7-13/h3-11,17H,1-2H3. The number of benzene rings is 2. The van der Waals surface area contributed by atoms with Crippen LogP contribution in [0.15, 0.2) is 48.5 Å². The van der Waals surface area contributed by atoms with Crippen LogP contribution in [0.3, 0.4) is 0 Å². The molecule has 0 heterocycles. The minimum atomic E-state index is 0.205. The van der Waals surface area contributed by atoms with Gasteiger partial charge in [0.05, 0.1) is 14.2 Å². The van der Waals surface area contributed by atoms with E-state index in [1.54, 1.807) is 26.4 Å². The Balaban J connectivity index is 2.37. The maximum absolute atomic E-state index is 10.1. The Morgan fingerprint density at radius 1 is 0.947 bits per heavy atom. The molecule has 3 heteroatoms. The number of ether oxygens (including phenoxy) is 2. The van der Waals surface area contributed by atoms with Gasteiger partial charge in [-0.1, -0.05) is 30.3 Å². The van der Waals surface area contributed by atoms with Crippen LogP contribution in [0.25, 0.3) is 11.8 Å². The van der Waals surface area contributed by atoms with Gasteiger partial charge in [-0.3, -0.25) is 0 Å². The topological polar surface area (TPSA) is 38.7 Å². The summed E-state index contributed by atoms with van der Waals surface area (Å²) in [5, 5.41) is 10.1. The van der Waals surface area contributed by atoms with Gasteiger partial charge in [0.2, 0.25) is 0 Å². The van der Waals surface area contributed by atoms with E-state index in [-0.39, 0.29) is 5.76 Å². The van der Waals surface area contributed by atoms with Crippen LogP contribution in [-0.4, -0.2) is 19.3 Å². The smallest absolute Gasteiger partial charge is 0.123 e. The Bertz CT molecular complexity index is 552. The zero-order chi connectivity index (χ0) is 13.7. The minimum Gasteiger partial charge on any atom is -0.507 e. The Labute approximate surface area is 112 Å². The molecule has 0 saturated carbocycles. The van der Waals surface area contributed by atoms with Crippen LogP contribution in [0.2, 0.25) is 0 Å². The lowest BCUT2D eigenvalue weighted by molar-refractivity contribution is 0.394. The Morgan fingerprint density at radius 3 is 2.05 bits per heavy atom. The van der Waals surface area contributed by atoms with Crippen LogP contribution in [0.5, 0.6) is 11.5 Å². The molecule has 0 aliphatic carbocycles. The Kier molecular flexibility index (Phi) is 4.08. The van der Waals surface area contributed by atoms with Gasteiger partial charge in [-0.2, -0.15) is 0 Å². The summed E-state index contributed by atoms with van der Waals surface area (Å²) in [7, 11) is 3.19. The zero-order valence-electron chi connectivity index (χ0n) is 11.0. The second-order valence-corrected chi connectivity index (χ2v) is 4.04. The minimum absolute atomic E-state index is 0.205. The van der Waals surface area contributed by atoms with Gasteiger partial charge in [-0.15, -0.1) is 0 Å². The first-order valence-corrected chi connectivity index (χ1v) is 5.92. The molecule has 0 fully saturated rings. The van der Waals surface area contributed by atoms with E-state index in [0.29, 0.717) is 11.5 Å². The number of rotatable bonds is 4. The van der Waals surface area contributed by atoms with E-state index in [1.807, 2.05) is 42.5 Å². The first-order valence-electron chi connectivity index (χ1n) is 5.92. The van der Waals surface area contributed by atoms with Gasteiger partial charge in [0, 0.05) is 11.6 Å². The molecule has 0 aliphatic heterocycles. The van der Waals surface area contributed by atoms with Crippen LogP contribution >= 0.6 is 0 Å². The molecule has 0 aliphatic rings. The molecule has 0 aromatic heterocycles. The maximum atomic E-state index is 10.1. The van der Waals surface area contributed by atoms with Gasteiger partial charge in [-0.25, -0.2) is 0 Å². The predicted molar refractivity (Wildman–Crippen MR) is 76.5 cm³/mol. The van der Waals surface area contributed by atoms with Crippen LogP contribution in [-0.2, 0) is 0 Å². The average molecular weight is 256 g/mol. The Morgan fingerprint density at radius 2 is 1.53 bits per heavy atom. The second kappa shape index (κ2) is 5.96. The summed E-state index contributed by atoms with van der Waals surface area (Å²) in [4.78, 5) is 0. The van der Waals surface area contributed by atoms with Crippen molar-refractivity contribution in [1.29, 1.82) is 0 Å². The fourth-order valence-corrected chi connectivity index (χ4v) is 1.76. The van der Waals surface area contributed by atoms with Gasteiger partial charge in [0.25, 0.3) is 0 Å². The molecule has 2 aromatic rings. The Hall–Kier alpha value is -2.42. The van der Waals surface area contributed by atoms with Crippen LogP contribution in [0.4, 0.5) is 0 Å². The molecule has 0 radical (unpaired) electrons. The monoisotopic (exact) mass is 256 g/mol. The van der Waals surface area contributed by atoms with Crippen molar-refractivity contribution in [3.05, 3.63) is 59.7 Å². The maximum Gasteiger partial charge on any atom is 0.123 e. The van der Waals surface area contributed by atoms with Crippen molar-refractivity contribution >= 4 is 11.8 Å². The first-order chi connectivity index (χ1) is 9.22. The lowest BCUT2D eigenvalue weighted by Gasteiger charge is -2.06. The summed E-state index contributed by atoms with van der Waals surface area (Å²) in [5.74, 6) is 1.58. The highest BCUT2D eigenvalue weighted by Gasteiger charge is 2.02. The van der Waals surface area contributed by atoms with Gasteiger partial charge in [0.1, 0.15) is 17.3 Å². The number of hydrogen-bond acceptors (Lipinski definition) is 3. The van der Waals surface area contributed by atoms with Crippen molar-refractivity contribution in [1.82, 2.24) is 0 Å². The molecule has 0 bridgehead atoms. The zero-order valence-corrected chi connectivity index (χ0v) is 11.0. The fraction of sp³-hybridized carbons (Fsp3) is 0.125. The molecule has 0 spiro atoms. The van der Waals surface area contributed by atoms with Crippen molar-refractivity contribution < 1.29 is 14.6 Å². The van der Waals surface area contributed by atoms with Crippen LogP contribution in [0, 0.1) is 0 Å². The second-order valence-electron chi connectivity index (χ2n) is 4.04. The summed E-state index contributed by atoms with van der Waals surface area (Å²) in [6.07, 6.45) is 1.68. The van der Waals surface area contributed by atoms with Crippen molar-refractivity contribution in [2.75, 3.05) is 14.2 Å². The third-order valence-electron chi connectivity index (χ3n) is 2.75. The van der Waals surface area contributed by atoms with Gasteiger partial charge in [0.15, 0.2) is 0 Å². The van der Waals surface area contributed by atoms with E-state index < -0.39 is 0 Å². The van der Waals surface area contributed by atoms with Crippen molar-refractivity contribution in [3.63, 3.8) is 0 Å². The van der Waals surface area contributed by atoms with Gasteiger partial charge >= 0.3 is 0 Å². The third-order valence-corrected chi connectivity index (χ3v) is 2.75. The van der Waals surface area contributed by atoms with Crippen LogP contribution in [0.1, 0.15) is 11.1 Å². The van der Waals surface area contributed by atoms with Gasteiger partial charge in [-0.05, 0) is 23.8 Å². The molecule has 0 atom stereocenters. The highest BCUT2D eigenvalue weighted by molar-refractivity contribution is 5.77. The first kappa shape index (κ1) is 13.0. The van der Waals surface area contributed by atoms with E-state index in [4.69, 9.17) is 9.47 Å². The van der Waals surface area contributed by atoms with E-state index >= 15 is 0 Å². The van der Waals surface area contributed by atoms with E-state index in [9.17, 15) is 5.11 Å². The number of methoxy groups -OCH3 is 2. The highest BCUT2D eigenvalue weighted by Crippen LogP contribution is 2.25. The molecule has 0 unspecified atom stereocenters. The third kappa shape index (κ3) is 3.28. The van der Waals surface area contributed by atoms with Gasteiger partial charge < -0.3 is 14.6 Å². The molecular weight excluding hydrogens is 240 g/mol. The summed E-state index contributed by atoms with van der Waals surface area (Å²) in [6.45, 7) is 0. The van der Waals surface area contributed by atoms with Crippen molar-refractivity contribution in [2.24, 2.45) is 0 Å². The molecular formula is C16H16O3. The molecule has 2 rings (SSSR count). The number of aliphatic hydroxyl groups is 1. The molecule has 3 nitrogen and oxygen atoms in total. The summed E-state index contributed by atoms with van der Waals surface area (Å²) in [5.41, 5.74) is 1.59. The van der Waals surface area contributed by atoms with Crippen molar-refractivity contribution in [2.45, 2.75) is 0 Å². The molecule has 0 saturated heterocycles. The summed E-state index contributed by atoms with van der Waals surface area (Å²) in [6, 6.07) is 14.8. The average Bonchev–Trinajstić information content (AvgIpc) is 2.47. The highest BCUT2D eigenvalue weighted by atomic mass is 16.5. The van der Waals surface area contributed by atoms with Crippen molar-refractivity contribution in [3.8, 4) is 11.5 Å². The quantitative estimate of drug-likeness (QED) is 0.668. The lowest BCUT2D eigenvalue weighted by Crippen LogP contribution is -1.89. The normalized spacial score (nSPS) is 11.2. The predicted octanol–water partition coefficient (Wildman–Crippen LogP) is 3.76. The summed E-state index contributed by atoms with van der Waals surface area (Å²) < 4.78 is 10.4. The number of aliphatic hydroxyl groups excluding tert-OH is 1. The summed E-state index contributed by atoms with van der Waals surface area (Å²) >= 11 is 0.